The molecule has 0 bridgehead atoms. The highest BCUT2D eigenvalue weighted by molar-refractivity contribution is 7.89. The number of sulfonamides is 1. The molecule has 0 atom stereocenters. The van der Waals surface area contributed by atoms with Gasteiger partial charge in [-0.05, 0) is 86.6 Å². The zero-order valence-corrected chi connectivity index (χ0v) is 22.5. The second-order valence-corrected chi connectivity index (χ2v) is 11.7. The Morgan fingerprint density at radius 2 is 1.92 bits per heavy atom. The number of halogens is 1. The molecule has 2 aromatic rings. The first-order valence-corrected chi connectivity index (χ1v) is 13.8. The minimum absolute atomic E-state index is 0.0320. The van der Waals surface area contributed by atoms with E-state index in [1.807, 2.05) is 39.0 Å². The molecule has 36 heavy (non-hydrogen) atoms. The van der Waals surface area contributed by atoms with Crippen molar-refractivity contribution >= 4 is 34.0 Å². The summed E-state index contributed by atoms with van der Waals surface area (Å²) in [5.74, 6) is 0.318. The lowest BCUT2D eigenvalue weighted by molar-refractivity contribution is -0.107. The van der Waals surface area contributed by atoms with Crippen LogP contribution in [0.1, 0.15) is 51.2 Å². The minimum atomic E-state index is -3.97. The van der Waals surface area contributed by atoms with E-state index in [9.17, 15) is 18.0 Å². The van der Waals surface area contributed by atoms with Gasteiger partial charge in [0.05, 0.1) is 6.61 Å². The number of amides is 1. The second-order valence-electron chi connectivity index (χ2n) is 9.79. The molecule has 0 saturated carbocycles. The Morgan fingerprint density at radius 1 is 1.17 bits per heavy atom. The highest BCUT2D eigenvalue weighted by Crippen LogP contribution is 2.37. The summed E-state index contributed by atoms with van der Waals surface area (Å²) in [6.07, 6.45) is 3.33. The first-order chi connectivity index (χ1) is 16.9. The van der Waals surface area contributed by atoms with Crippen LogP contribution in [-0.2, 0) is 32.4 Å². The van der Waals surface area contributed by atoms with Crippen molar-refractivity contribution in [1.29, 1.82) is 0 Å². The van der Waals surface area contributed by atoms with Crippen molar-refractivity contribution in [2.24, 2.45) is 5.14 Å². The number of nitrogens with zero attached hydrogens (tertiary/aromatic N) is 1. The van der Waals surface area contributed by atoms with E-state index in [0.29, 0.717) is 68.1 Å². The number of benzene rings is 2. The molecule has 0 saturated heterocycles. The number of carbonyl (C=O) groups is 2. The molecule has 1 amide bonds. The van der Waals surface area contributed by atoms with Crippen molar-refractivity contribution in [3.05, 3.63) is 46.5 Å². The van der Waals surface area contributed by atoms with Gasteiger partial charge in [0.2, 0.25) is 10.0 Å². The van der Waals surface area contributed by atoms with E-state index in [1.165, 1.54) is 6.07 Å². The predicted octanol–water partition coefficient (Wildman–Crippen LogP) is 4.74. The van der Waals surface area contributed by atoms with Gasteiger partial charge in [-0.25, -0.2) is 18.4 Å². The first kappa shape index (κ1) is 28.0. The molecule has 1 aliphatic heterocycles. The van der Waals surface area contributed by atoms with E-state index in [-0.39, 0.29) is 4.90 Å². The number of hydrogen-bond donors (Lipinski definition) is 1. The third-order valence-corrected chi connectivity index (χ3v) is 7.02. The molecule has 1 heterocycles. The fraction of sp³-hybridized carbons (Fsp3) is 0.462. The lowest BCUT2D eigenvalue weighted by atomic mass is 9.99. The average molecular weight is 537 g/mol. The van der Waals surface area contributed by atoms with Crippen LogP contribution in [0.5, 0.6) is 5.75 Å². The Morgan fingerprint density at radius 3 is 2.58 bits per heavy atom. The second kappa shape index (κ2) is 11.6. The van der Waals surface area contributed by atoms with Gasteiger partial charge in [-0.1, -0.05) is 17.7 Å². The van der Waals surface area contributed by atoms with Gasteiger partial charge in [0, 0.05) is 31.0 Å². The summed E-state index contributed by atoms with van der Waals surface area (Å²) in [5, 5.41) is 5.99. The molecular weight excluding hydrogens is 504 g/mol. The van der Waals surface area contributed by atoms with Gasteiger partial charge in [0.25, 0.3) is 0 Å². The third-order valence-electron chi connectivity index (χ3n) is 5.74. The smallest absolute Gasteiger partial charge is 0.410 e. The summed E-state index contributed by atoms with van der Waals surface area (Å²) in [4.78, 5) is 25.0. The molecule has 8 nitrogen and oxygen atoms in total. The van der Waals surface area contributed by atoms with Crippen LogP contribution in [-0.4, -0.2) is 51.0 Å². The van der Waals surface area contributed by atoms with E-state index < -0.39 is 21.7 Å². The lowest BCUT2D eigenvalue weighted by Crippen LogP contribution is -2.38. The van der Waals surface area contributed by atoms with Gasteiger partial charge in [-0.15, -0.1) is 0 Å². The Balaban J connectivity index is 1.84. The largest absolute Gasteiger partial charge is 0.492 e. The van der Waals surface area contributed by atoms with Crippen LogP contribution in [0.4, 0.5) is 4.79 Å². The van der Waals surface area contributed by atoms with E-state index in [2.05, 4.69) is 0 Å². The van der Waals surface area contributed by atoms with Crippen molar-refractivity contribution in [3.63, 3.8) is 0 Å². The van der Waals surface area contributed by atoms with Crippen molar-refractivity contribution in [1.82, 2.24) is 4.90 Å². The molecule has 0 spiro atoms. The molecule has 3 rings (SSSR count). The maximum atomic E-state index is 12.8. The van der Waals surface area contributed by atoms with Gasteiger partial charge in [-0.2, -0.15) is 0 Å². The first-order valence-electron chi connectivity index (χ1n) is 11.9. The summed E-state index contributed by atoms with van der Waals surface area (Å²) < 4.78 is 35.4. The fourth-order valence-electron chi connectivity index (χ4n) is 4.00. The molecule has 10 heteroatoms. The zero-order chi connectivity index (χ0) is 26.5. The quantitative estimate of drug-likeness (QED) is 0.346. The topological polar surface area (TPSA) is 116 Å². The standard InChI is InChI=1S/C26H33ClN2O6S/c1-26(2,3)35-25(31)29(11-5-4-6-13-30)12-9-19-15-18(7-8-22(19)27)21-16-20-10-14-34-24(20)23(17-21)36(28,32)33/h7-8,13,15-17H,4-6,9-12,14H2,1-3H3,(H2,28,32,33). The Kier molecular flexibility index (Phi) is 9.03. The number of fused-ring (bicyclic) bond motifs is 1. The normalized spacial score (nSPS) is 13.1. The molecule has 0 aromatic heterocycles. The maximum absolute atomic E-state index is 12.8. The van der Waals surface area contributed by atoms with E-state index >= 15 is 0 Å². The van der Waals surface area contributed by atoms with Crippen LogP contribution >= 0.6 is 11.6 Å². The molecule has 0 radical (unpaired) electrons. The minimum Gasteiger partial charge on any atom is -0.492 e. The van der Waals surface area contributed by atoms with Gasteiger partial charge < -0.3 is 19.2 Å². The number of unbranched alkanes of at least 4 members (excludes halogenated alkanes) is 2. The predicted molar refractivity (Wildman–Crippen MR) is 139 cm³/mol. The van der Waals surface area contributed by atoms with Crippen molar-refractivity contribution < 1.29 is 27.5 Å². The molecule has 1 aliphatic rings. The van der Waals surface area contributed by atoms with Crippen molar-refractivity contribution in [2.45, 2.75) is 63.4 Å². The Bertz CT molecular complexity index is 1220. The molecular formula is C26H33ClN2O6S. The summed E-state index contributed by atoms with van der Waals surface area (Å²) in [6.45, 7) is 6.68. The molecule has 0 aliphatic carbocycles. The highest BCUT2D eigenvalue weighted by Gasteiger charge is 2.25. The van der Waals surface area contributed by atoms with E-state index in [1.54, 1.807) is 11.0 Å². The lowest BCUT2D eigenvalue weighted by Gasteiger charge is -2.27. The van der Waals surface area contributed by atoms with Gasteiger partial charge in [0.15, 0.2) is 0 Å². The summed E-state index contributed by atoms with van der Waals surface area (Å²) in [6, 6.07) is 8.90. The van der Waals surface area contributed by atoms with Crippen LogP contribution < -0.4 is 9.88 Å². The SMILES string of the molecule is CC(C)(C)OC(=O)N(CCCCC=O)CCc1cc(-c2cc3c(c(S(N)(=O)=O)c2)OCC3)ccc1Cl. The summed E-state index contributed by atoms with van der Waals surface area (Å²) in [7, 11) is -3.97. The third kappa shape index (κ3) is 7.44. The Labute approximate surface area is 217 Å². The highest BCUT2D eigenvalue weighted by atomic mass is 35.5. The summed E-state index contributed by atoms with van der Waals surface area (Å²) >= 11 is 6.49. The van der Waals surface area contributed by atoms with Gasteiger partial charge in [0.1, 0.15) is 22.5 Å². The molecule has 2 N–H and O–H groups in total. The van der Waals surface area contributed by atoms with Crippen LogP contribution in [0.15, 0.2) is 35.2 Å². The Hall–Kier alpha value is -2.62. The molecule has 2 aromatic carbocycles. The van der Waals surface area contributed by atoms with Gasteiger partial charge >= 0.3 is 6.09 Å². The number of aldehydes is 1. The fourth-order valence-corrected chi connectivity index (χ4v) is 4.95. The van der Waals surface area contributed by atoms with E-state index in [4.69, 9.17) is 26.2 Å². The number of carbonyl (C=O) groups excluding carboxylic acids is 2. The number of nitrogens with two attached hydrogens (primary N) is 1. The average Bonchev–Trinajstić information content (AvgIpc) is 3.25. The number of rotatable bonds is 10. The van der Waals surface area contributed by atoms with Crippen LogP contribution in [0.25, 0.3) is 11.1 Å². The number of primary sulfonamides is 1. The van der Waals surface area contributed by atoms with Crippen molar-refractivity contribution in [3.8, 4) is 16.9 Å². The molecule has 196 valence electrons. The summed E-state index contributed by atoms with van der Waals surface area (Å²) in [5.41, 5.74) is 2.44. The van der Waals surface area contributed by atoms with Gasteiger partial charge in [-0.3, -0.25) is 0 Å². The van der Waals surface area contributed by atoms with Crippen LogP contribution in [0.2, 0.25) is 5.02 Å². The molecule has 0 fully saturated rings. The van der Waals surface area contributed by atoms with Crippen molar-refractivity contribution in [2.75, 3.05) is 19.7 Å². The monoisotopic (exact) mass is 536 g/mol. The maximum Gasteiger partial charge on any atom is 0.410 e. The molecule has 0 unspecified atom stereocenters. The van der Waals surface area contributed by atoms with Crippen LogP contribution in [0, 0.1) is 0 Å². The number of hydrogen-bond acceptors (Lipinski definition) is 6. The van der Waals surface area contributed by atoms with E-state index in [0.717, 1.165) is 23.0 Å². The number of ether oxygens (including phenoxy) is 2. The zero-order valence-electron chi connectivity index (χ0n) is 20.9. The van der Waals surface area contributed by atoms with Crippen LogP contribution in [0.3, 0.4) is 0 Å².